The van der Waals surface area contributed by atoms with Gasteiger partial charge in [-0.2, -0.15) is 0 Å². The van der Waals surface area contributed by atoms with Crippen molar-refractivity contribution in [3.05, 3.63) is 29.2 Å². The Bertz CT molecular complexity index is 568. The first kappa shape index (κ1) is 16.9. The third-order valence-corrected chi connectivity index (χ3v) is 4.33. The van der Waals surface area contributed by atoms with Crippen molar-refractivity contribution in [1.29, 1.82) is 0 Å². The summed E-state index contributed by atoms with van der Waals surface area (Å²) < 4.78 is 17.3. The number of hydrogen-bond acceptors (Lipinski definition) is 5. The van der Waals surface area contributed by atoms with E-state index < -0.39 is 18.3 Å². The van der Waals surface area contributed by atoms with Crippen LogP contribution in [-0.2, 0) is 9.31 Å². The molecule has 5 nitrogen and oxygen atoms in total. The highest BCUT2D eigenvalue weighted by Crippen LogP contribution is 2.39. The van der Waals surface area contributed by atoms with Gasteiger partial charge in [0, 0.05) is 11.3 Å². The van der Waals surface area contributed by atoms with E-state index in [1.54, 1.807) is 31.4 Å². The first-order valence-corrected chi connectivity index (χ1v) is 7.30. The molecule has 1 aliphatic heterocycles. The number of ether oxygens (including phenoxy) is 1. The summed E-state index contributed by atoms with van der Waals surface area (Å²) in [6.07, 6.45) is 1.80. The smallest absolute Gasteiger partial charge is 0.492 e. The fourth-order valence-corrected chi connectivity index (χ4v) is 2.25. The van der Waals surface area contributed by atoms with Crippen LogP contribution in [0, 0.1) is 0 Å². The van der Waals surface area contributed by atoms with Gasteiger partial charge in [0.1, 0.15) is 5.75 Å². The first-order valence-electron chi connectivity index (χ1n) is 7.30. The minimum Gasteiger partial charge on any atom is -0.496 e. The summed E-state index contributed by atoms with van der Waals surface area (Å²) in [4.78, 5) is 0. The van der Waals surface area contributed by atoms with Crippen LogP contribution in [0.5, 0.6) is 5.75 Å². The molecule has 1 heterocycles. The van der Waals surface area contributed by atoms with Crippen LogP contribution in [-0.4, -0.2) is 37.1 Å². The number of aliphatic hydroxyl groups is 1. The molecule has 3 N–H and O–H groups in total. The Kier molecular flexibility index (Phi) is 4.56. The molecule has 1 fully saturated rings. The topological polar surface area (TPSA) is 73.9 Å². The third-order valence-electron chi connectivity index (χ3n) is 4.33. The lowest BCUT2D eigenvalue weighted by Gasteiger charge is -2.32. The van der Waals surface area contributed by atoms with Gasteiger partial charge in [-0.3, -0.25) is 0 Å². The maximum absolute atomic E-state index is 9.72. The van der Waals surface area contributed by atoms with Gasteiger partial charge in [0.25, 0.3) is 0 Å². The number of anilines is 1. The molecule has 0 radical (unpaired) electrons. The summed E-state index contributed by atoms with van der Waals surface area (Å²) in [5.41, 5.74) is 6.95. The van der Waals surface area contributed by atoms with Crippen LogP contribution in [0.15, 0.2) is 23.7 Å². The Morgan fingerprint density at radius 2 is 1.86 bits per heavy atom. The third kappa shape index (κ3) is 3.14. The van der Waals surface area contributed by atoms with Gasteiger partial charge in [0.05, 0.1) is 24.9 Å². The fraction of sp³-hybridized carbons (Fsp3) is 0.500. The molecule has 0 unspecified atom stereocenters. The molecule has 0 spiro atoms. The average Bonchev–Trinajstić information content (AvgIpc) is 2.64. The molecular formula is C16H24BNO4. The molecule has 1 aromatic rings. The zero-order valence-corrected chi connectivity index (χ0v) is 13.8. The Morgan fingerprint density at radius 1 is 1.27 bits per heavy atom. The van der Waals surface area contributed by atoms with Gasteiger partial charge in [-0.15, -0.1) is 0 Å². The van der Waals surface area contributed by atoms with Crippen molar-refractivity contribution in [2.24, 2.45) is 0 Å². The second-order valence-corrected chi connectivity index (χ2v) is 6.47. The van der Waals surface area contributed by atoms with E-state index in [1.165, 1.54) is 0 Å². The quantitative estimate of drug-likeness (QED) is 0.659. The molecule has 6 heteroatoms. The molecule has 0 aliphatic carbocycles. The minimum atomic E-state index is -0.596. The van der Waals surface area contributed by atoms with Gasteiger partial charge in [0.15, 0.2) is 0 Å². The highest BCUT2D eigenvalue weighted by atomic mass is 16.7. The summed E-state index contributed by atoms with van der Waals surface area (Å²) in [6.45, 7) is 7.73. The summed E-state index contributed by atoms with van der Waals surface area (Å²) in [5, 5.41) is 9.72. The number of nitrogen functional groups attached to an aromatic ring is 1. The van der Waals surface area contributed by atoms with E-state index in [9.17, 15) is 5.11 Å². The summed E-state index contributed by atoms with van der Waals surface area (Å²) >= 11 is 0. The molecule has 0 amide bonds. The number of hydrogen-bond donors (Lipinski definition) is 2. The van der Waals surface area contributed by atoms with Gasteiger partial charge < -0.3 is 24.9 Å². The Balaban J connectivity index is 2.35. The summed E-state index contributed by atoms with van der Waals surface area (Å²) in [5.74, 6) is 0.677. The Hall–Kier alpha value is -1.50. The largest absolute Gasteiger partial charge is 0.496 e. The number of benzene rings is 1. The molecule has 0 aromatic heterocycles. The SMILES string of the molecule is COc1ccc(N)cc1C=C(CO)B1OC(C)(C)C(C)(C)O1. The van der Waals surface area contributed by atoms with Gasteiger partial charge in [-0.1, -0.05) is 6.08 Å². The van der Waals surface area contributed by atoms with E-state index in [0.29, 0.717) is 16.9 Å². The van der Waals surface area contributed by atoms with Gasteiger partial charge >= 0.3 is 7.12 Å². The average molecular weight is 305 g/mol. The number of rotatable bonds is 4. The summed E-state index contributed by atoms with van der Waals surface area (Å²) in [7, 11) is 0.997. The van der Waals surface area contributed by atoms with E-state index in [4.69, 9.17) is 19.8 Å². The highest BCUT2D eigenvalue weighted by molar-refractivity contribution is 6.55. The molecule has 1 saturated heterocycles. The van der Waals surface area contributed by atoms with Crippen molar-refractivity contribution in [2.75, 3.05) is 19.5 Å². The highest BCUT2D eigenvalue weighted by Gasteiger charge is 2.52. The molecule has 120 valence electrons. The van der Waals surface area contributed by atoms with Crippen molar-refractivity contribution >= 4 is 18.9 Å². The van der Waals surface area contributed by atoms with E-state index in [2.05, 4.69) is 0 Å². The lowest BCUT2D eigenvalue weighted by Crippen LogP contribution is -2.41. The van der Waals surface area contributed by atoms with Crippen LogP contribution in [0.25, 0.3) is 6.08 Å². The molecule has 1 aliphatic rings. The first-order chi connectivity index (χ1) is 10.2. The number of aliphatic hydroxyl groups excluding tert-OH is 1. The molecule has 2 rings (SSSR count). The van der Waals surface area contributed by atoms with Crippen molar-refractivity contribution < 1.29 is 19.2 Å². The van der Waals surface area contributed by atoms with Crippen LogP contribution in [0.3, 0.4) is 0 Å². The van der Waals surface area contributed by atoms with Gasteiger partial charge in [-0.05, 0) is 51.4 Å². The number of nitrogens with two attached hydrogens (primary N) is 1. The van der Waals surface area contributed by atoms with Crippen LogP contribution in [0.4, 0.5) is 5.69 Å². The molecule has 0 saturated carbocycles. The van der Waals surface area contributed by atoms with Crippen molar-refractivity contribution in [2.45, 2.75) is 38.9 Å². The van der Waals surface area contributed by atoms with E-state index in [-0.39, 0.29) is 6.61 Å². The standard InChI is InChI=1S/C16H24BNO4/c1-15(2)16(3,4)22-17(21-15)12(10-19)8-11-9-13(18)6-7-14(11)20-5/h6-9,19H,10,18H2,1-5H3. The molecule has 0 bridgehead atoms. The normalized spacial score (nSPS) is 20.3. The lowest BCUT2D eigenvalue weighted by atomic mass is 9.77. The van der Waals surface area contributed by atoms with E-state index in [0.717, 1.165) is 5.56 Å². The van der Waals surface area contributed by atoms with E-state index >= 15 is 0 Å². The molecular weight excluding hydrogens is 281 g/mol. The van der Waals surface area contributed by atoms with Gasteiger partial charge in [-0.25, -0.2) is 0 Å². The second-order valence-electron chi connectivity index (χ2n) is 6.47. The minimum absolute atomic E-state index is 0.172. The Morgan fingerprint density at radius 3 is 2.36 bits per heavy atom. The van der Waals surface area contributed by atoms with Crippen molar-refractivity contribution in [3.63, 3.8) is 0 Å². The van der Waals surface area contributed by atoms with Crippen LogP contribution < -0.4 is 10.5 Å². The van der Waals surface area contributed by atoms with Crippen LogP contribution in [0.2, 0.25) is 0 Å². The Labute approximate surface area is 132 Å². The second kappa shape index (κ2) is 5.95. The monoisotopic (exact) mass is 305 g/mol. The van der Waals surface area contributed by atoms with Gasteiger partial charge in [0.2, 0.25) is 0 Å². The van der Waals surface area contributed by atoms with Crippen LogP contribution >= 0.6 is 0 Å². The predicted octanol–water partition coefficient (Wildman–Crippen LogP) is 2.28. The number of methoxy groups -OCH3 is 1. The molecule has 22 heavy (non-hydrogen) atoms. The molecule has 0 atom stereocenters. The maximum Gasteiger partial charge on any atom is 0.492 e. The van der Waals surface area contributed by atoms with Crippen LogP contribution in [0.1, 0.15) is 33.3 Å². The summed E-state index contributed by atoms with van der Waals surface area (Å²) in [6, 6.07) is 5.35. The zero-order valence-electron chi connectivity index (χ0n) is 13.8. The van der Waals surface area contributed by atoms with Crippen molar-refractivity contribution in [1.82, 2.24) is 0 Å². The maximum atomic E-state index is 9.72. The zero-order chi connectivity index (χ0) is 16.5. The fourth-order valence-electron chi connectivity index (χ4n) is 2.25. The van der Waals surface area contributed by atoms with E-state index in [1.807, 2.05) is 27.7 Å². The lowest BCUT2D eigenvalue weighted by molar-refractivity contribution is 0.00578. The molecule has 1 aromatic carbocycles. The van der Waals surface area contributed by atoms with Crippen molar-refractivity contribution in [3.8, 4) is 5.75 Å². The predicted molar refractivity (Wildman–Crippen MR) is 88.6 cm³/mol.